The standard InChI is InChI=1S/C17H18ClN3O3/c18-14-4-1-3-12(7-14)8-16(22)20-6-2-5-15(11-20)21-10-13(9-19-21)17(23)24/h1,3-4,7,9-10,15H,2,5-6,8,11H2,(H,23,24). The van der Waals surface area contributed by atoms with E-state index in [1.54, 1.807) is 16.8 Å². The fourth-order valence-corrected chi connectivity index (χ4v) is 3.19. The number of benzene rings is 1. The predicted molar refractivity (Wildman–Crippen MR) is 89.2 cm³/mol. The number of halogens is 1. The maximum Gasteiger partial charge on any atom is 0.338 e. The molecule has 1 aromatic heterocycles. The molecule has 7 heteroatoms. The van der Waals surface area contributed by atoms with Gasteiger partial charge < -0.3 is 10.0 Å². The van der Waals surface area contributed by atoms with Gasteiger partial charge in [0.2, 0.25) is 5.91 Å². The van der Waals surface area contributed by atoms with Crippen LogP contribution in [-0.4, -0.2) is 44.8 Å². The minimum atomic E-state index is -0.994. The van der Waals surface area contributed by atoms with Crippen LogP contribution in [0.1, 0.15) is 34.8 Å². The molecule has 1 aliphatic heterocycles. The van der Waals surface area contributed by atoms with E-state index in [1.165, 1.54) is 12.4 Å². The van der Waals surface area contributed by atoms with Crippen LogP contribution in [-0.2, 0) is 11.2 Å². The molecule has 2 aromatic rings. The molecule has 1 N–H and O–H groups in total. The number of aromatic carboxylic acids is 1. The third-order valence-electron chi connectivity index (χ3n) is 4.22. The summed E-state index contributed by atoms with van der Waals surface area (Å²) in [5.41, 5.74) is 1.05. The molecule has 1 amide bonds. The minimum absolute atomic E-state index is 0.00941. The molecule has 1 aromatic carbocycles. The average molecular weight is 348 g/mol. The normalized spacial score (nSPS) is 17.7. The second kappa shape index (κ2) is 7.05. The Labute approximate surface area is 144 Å². The second-order valence-corrected chi connectivity index (χ2v) is 6.39. The molecule has 1 fully saturated rings. The number of likely N-dealkylation sites (tertiary alicyclic amines) is 1. The molecule has 6 nitrogen and oxygen atoms in total. The molecule has 0 bridgehead atoms. The quantitative estimate of drug-likeness (QED) is 0.922. The summed E-state index contributed by atoms with van der Waals surface area (Å²) in [4.78, 5) is 25.3. The molecule has 0 radical (unpaired) electrons. The molecule has 0 saturated carbocycles. The van der Waals surface area contributed by atoms with Gasteiger partial charge in [-0.15, -0.1) is 0 Å². The number of carbonyl (C=O) groups is 2. The van der Waals surface area contributed by atoms with E-state index in [9.17, 15) is 9.59 Å². The zero-order valence-electron chi connectivity index (χ0n) is 13.1. The first kappa shape index (κ1) is 16.5. The fourth-order valence-electron chi connectivity index (χ4n) is 2.98. The summed E-state index contributed by atoms with van der Waals surface area (Å²) in [6, 6.07) is 7.31. The maximum absolute atomic E-state index is 12.5. The number of nitrogens with zero attached hydrogens (tertiary/aromatic N) is 3. The Morgan fingerprint density at radius 3 is 2.92 bits per heavy atom. The Morgan fingerprint density at radius 2 is 2.21 bits per heavy atom. The summed E-state index contributed by atoms with van der Waals surface area (Å²) >= 11 is 5.96. The summed E-state index contributed by atoms with van der Waals surface area (Å²) in [6.45, 7) is 1.25. The van der Waals surface area contributed by atoms with Gasteiger partial charge in [-0.3, -0.25) is 9.48 Å². The summed E-state index contributed by atoms with van der Waals surface area (Å²) in [5.74, 6) is -0.946. The van der Waals surface area contributed by atoms with E-state index in [0.717, 1.165) is 18.4 Å². The van der Waals surface area contributed by atoms with Crippen molar-refractivity contribution < 1.29 is 14.7 Å². The van der Waals surface area contributed by atoms with Crippen molar-refractivity contribution in [2.24, 2.45) is 0 Å². The van der Waals surface area contributed by atoms with Crippen molar-refractivity contribution in [3.05, 3.63) is 52.8 Å². The van der Waals surface area contributed by atoms with Crippen molar-refractivity contribution in [1.29, 1.82) is 0 Å². The van der Waals surface area contributed by atoms with Gasteiger partial charge in [0.25, 0.3) is 0 Å². The fraction of sp³-hybridized carbons (Fsp3) is 0.353. The molecular formula is C17H18ClN3O3. The van der Waals surface area contributed by atoms with Crippen LogP contribution in [0.25, 0.3) is 0 Å². The lowest BCUT2D eigenvalue weighted by Gasteiger charge is -2.33. The molecule has 24 heavy (non-hydrogen) atoms. The second-order valence-electron chi connectivity index (χ2n) is 5.96. The summed E-state index contributed by atoms with van der Waals surface area (Å²) in [5, 5.41) is 13.7. The average Bonchev–Trinajstić information content (AvgIpc) is 3.05. The van der Waals surface area contributed by atoms with E-state index in [4.69, 9.17) is 16.7 Å². The van der Waals surface area contributed by atoms with Crippen molar-refractivity contribution >= 4 is 23.5 Å². The van der Waals surface area contributed by atoms with Gasteiger partial charge in [0.05, 0.1) is 24.2 Å². The van der Waals surface area contributed by atoms with Gasteiger partial charge in [-0.05, 0) is 30.5 Å². The van der Waals surface area contributed by atoms with Crippen LogP contribution < -0.4 is 0 Å². The van der Waals surface area contributed by atoms with Crippen LogP contribution in [0, 0.1) is 0 Å². The number of carboxylic acids is 1. The summed E-state index contributed by atoms with van der Waals surface area (Å²) in [6.07, 6.45) is 4.93. The van der Waals surface area contributed by atoms with Gasteiger partial charge in [0.15, 0.2) is 0 Å². The molecule has 126 valence electrons. The highest BCUT2D eigenvalue weighted by atomic mass is 35.5. The monoisotopic (exact) mass is 347 g/mol. The van der Waals surface area contributed by atoms with E-state index in [1.807, 2.05) is 17.0 Å². The third kappa shape index (κ3) is 3.76. The first-order valence-electron chi connectivity index (χ1n) is 7.82. The number of carboxylic acid groups (broad SMARTS) is 1. The summed E-state index contributed by atoms with van der Waals surface area (Å²) in [7, 11) is 0. The third-order valence-corrected chi connectivity index (χ3v) is 4.45. The van der Waals surface area contributed by atoms with Gasteiger partial charge in [-0.2, -0.15) is 5.10 Å². The van der Waals surface area contributed by atoms with Crippen molar-refractivity contribution in [3.63, 3.8) is 0 Å². The lowest BCUT2D eigenvalue weighted by Crippen LogP contribution is -2.41. The van der Waals surface area contributed by atoms with Gasteiger partial charge in [-0.1, -0.05) is 23.7 Å². The molecular weight excluding hydrogens is 330 g/mol. The van der Waals surface area contributed by atoms with Crippen molar-refractivity contribution in [2.75, 3.05) is 13.1 Å². The molecule has 0 aliphatic carbocycles. The van der Waals surface area contributed by atoms with E-state index < -0.39 is 5.97 Å². The number of carbonyl (C=O) groups excluding carboxylic acids is 1. The minimum Gasteiger partial charge on any atom is -0.478 e. The lowest BCUT2D eigenvalue weighted by molar-refractivity contribution is -0.132. The van der Waals surface area contributed by atoms with E-state index >= 15 is 0 Å². The highest BCUT2D eigenvalue weighted by Crippen LogP contribution is 2.22. The number of hydrogen-bond acceptors (Lipinski definition) is 3. The largest absolute Gasteiger partial charge is 0.478 e. The molecule has 1 aliphatic rings. The highest BCUT2D eigenvalue weighted by molar-refractivity contribution is 6.30. The van der Waals surface area contributed by atoms with Crippen molar-refractivity contribution in [2.45, 2.75) is 25.3 Å². The zero-order chi connectivity index (χ0) is 17.1. The first-order chi connectivity index (χ1) is 11.5. The van der Waals surface area contributed by atoms with E-state index in [2.05, 4.69) is 5.10 Å². The Balaban J connectivity index is 1.66. The molecule has 1 unspecified atom stereocenters. The number of aromatic nitrogens is 2. The van der Waals surface area contributed by atoms with Crippen LogP contribution in [0.5, 0.6) is 0 Å². The molecule has 2 heterocycles. The van der Waals surface area contributed by atoms with Crippen LogP contribution in [0.4, 0.5) is 0 Å². The zero-order valence-corrected chi connectivity index (χ0v) is 13.8. The Kier molecular flexibility index (Phi) is 4.85. The Hall–Kier alpha value is -2.34. The molecule has 3 rings (SSSR count). The molecule has 1 saturated heterocycles. The lowest BCUT2D eigenvalue weighted by atomic mass is 10.0. The van der Waals surface area contributed by atoms with Gasteiger partial charge >= 0.3 is 5.97 Å². The van der Waals surface area contributed by atoms with Crippen LogP contribution >= 0.6 is 11.6 Å². The van der Waals surface area contributed by atoms with E-state index in [0.29, 0.717) is 24.5 Å². The number of hydrogen-bond donors (Lipinski definition) is 1. The first-order valence-corrected chi connectivity index (χ1v) is 8.20. The Morgan fingerprint density at radius 1 is 1.38 bits per heavy atom. The summed E-state index contributed by atoms with van der Waals surface area (Å²) < 4.78 is 1.66. The highest BCUT2D eigenvalue weighted by Gasteiger charge is 2.25. The van der Waals surface area contributed by atoms with Gasteiger partial charge in [-0.25, -0.2) is 4.79 Å². The van der Waals surface area contributed by atoms with Gasteiger partial charge in [0, 0.05) is 24.3 Å². The van der Waals surface area contributed by atoms with Gasteiger partial charge in [0.1, 0.15) is 0 Å². The topological polar surface area (TPSA) is 75.4 Å². The molecule has 0 spiro atoms. The number of rotatable bonds is 4. The van der Waals surface area contributed by atoms with Crippen molar-refractivity contribution in [3.8, 4) is 0 Å². The molecule has 1 atom stereocenters. The number of amides is 1. The van der Waals surface area contributed by atoms with E-state index in [-0.39, 0.29) is 17.5 Å². The smallest absolute Gasteiger partial charge is 0.338 e. The SMILES string of the molecule is O=C(O)c1cnn(C2CCCN(C(=O)Cc3cccc(Cl)c3)C2)c1. The number of piperidine rings is 1. The van der Waals surface area contributed by atoms with Crippen molar-refractivity contribution in [1.82, 2.24) is 14.7 Å². The Bertz CT molecular complexity index is 759. The maximum atomic E-state index is 12.5. The van der Waals surface area contributed by atoms with Crippen LogP contribution in [0.3, 0.4) is 0 Å². The van der Waals surface area contributed by atoms with Crippen LogP contribution in [0.2, 0.25) is 5.02 Å². The van der Waals surface area contributed by atoms with Crippen LogP contribution in [0.15, 0.2) is 36.7 Å². The predicted octanol–water partition coefficient (Wildman–Crippen LogP) is 2.64.